The molecule has 44 valence electrons. The van der Waals surface area contributed by atoms with Crippen molar-refractivity contribution in [2.75, 3.05) is 6.61 Å². The fourth-order valence-corrected chi connectivity index (χ4v) is 0.0510. The molecule has 0 bridgehead atoms. The van der Waals surface area contributed by atoms with E-state index >= 15 is 0 Å². The van der Waals surface area contributed by atoms with Gasteiger partial charge in [0.15, 0.2) is 0 Å². The molecule has 0 N–H and O–H groups in total. The van der Waals surface area contributed by atoms with Gasteiger partial charge in [-0.1, -0.05) is 0 Å². The third kappa shape index (κ3) is 39.9. The van der Waals surface area contributed by atoms with E-state index in [9.17, 15) is 5.11 Å². The van der Waals surface area contributed by atoms with Gasteiger partial charge < -0.3 is 51.4 Å². The number of hydrogen-bond acceptors (Lipinski definition) is 1. The van der Waals surface area contributed by atoms with Gasteiger partial charge >= 0.3 is 46.1 Å². The first-order valence-electron chi connectivity index (χ1n) is 1.39. The van der Waals surface area contributed by atoms with Crippen LogP contribution in [0.5, 0.6) is 0 Å². The summed E-state index contributed by atoms with van der Waals surface area (Å²) in [7, 11) is 0. The Morgan fingerprint density at radius 1 is 1.22 bits per heavy atom. The second-order valence-electron chi connectivity index (χ2n) is 0.631. The van der Waals surface area contributed by atoms with Gasteiger partial charge in [0.2, 0.25) is 0 Å². The smallest absolute Gasteiger partial charge is 1.00 e. The average Bonchev–Trinajstić information content (AvgIpc) is 1.41. The van der Waals surface area contributed by atoms with E-state index in [1.807, 2.05) is 5.92 Å². The second-order valence-corrected chi connectivity index (χ2v) is 0.631. The Morgan fingerprint density at radius 3 is 1.56 bits per heavy atom. The Kier molecular flexibility index (Phi) is 110. The summed E-state index contributed by atoms with van der Waals surface area (Å²) in [6.07, 6.45) is 6.40. The van der Waals surface area contributed by atoms with Crippen molar-refractivity contribution in [3.05, 3.63) is 6.42 Å². The Hall–Kier alpha value is 2.01. The maximum Gasteiger partial charge on any atom is 2.00 e. The summed E-state index contributed by atoms with van der Waals surface area (Å²) < 4.78 is 0. The first kappa shape index (κ1) is 30.5. The summed E-state index contributed by atoms with van der Waals surface area (Å²) in [5.74, 6) is 1.95. The monoisotopic (exact) mass is 274 g/mol. The van der Waals surface area contributed by atoms with Crippen molar-refractivity contribution >= 4 is 46.1 Å². The van der Waals surface area contributed by atoms with Gasteiger partial charge in [-0.25, -0.2) is 0 Å². The molecule has 0 fully saturated rings. The van der Waals surface area contributed by atoms with Crippen molar-refractivity contribution < 1.29 is 39.1 Å². The minimum absolute atomic E-state index is 0. The molecule has 0 aromatic heterocycles. The largest absolute Gasteiger partial charge is 2.00 e. The maximum atomic E-state index is 9.35. The molecule has 5 heteroatoms. The SMILES string of the molecule is [Br-].[Br-].[C-]#CCC[O-].[Mg+2].[Mg+2]. The molecule has 9 heavy (non-hydrogen) atoms. The molecule has 0 saturated carbocycles. The zero-order valence-electron chi connectivity index (χ0n) is 4.99. The number of hydrogen-bond donors (Lipinski definition) is 0. The van der Waals surface area contributed by atoms with Gasteiger partial charge in [-0.15, -0.1) is 6.61 Å². The van der Waals surface area contributed by atoms with E-state index in [1.165, 1.54) is 0 Å². The van der Waals surface area contributed by atoms with Crippen LogP contribution in [0.2, 0.25) is 0 Å². The van der Waals surface area contributed by atoms with Crippen molar-refractivity contribution in [3.8, 4) is 5.92 Å². The van der Waals surface area contributed by atoms with Crippen LogP contribution in [0, 0.1) is 12.3 Å². The van der Waals surface area contributed by atoms with Crippen molar-refractivity contribution in [2.45, 2.75) is 6.42 Å². The molecular weight excluding hydrogens is 272 g/mol. The predicted octanol–water partition coefficient (Wildman–Crippen LogP) is -7.43. The van der Waals surface area contributed by atoms with E-state index in [2.05, 4.69) is 0 Å². The minimum atomic E-state index is -0.205. The molecule has 0 amide bonds. The van der Waals surface area contributed by atoms with Gasteiger partial charge in [-0.05, 0) is 6.42 Å². The molecule has 0 heterocycles. The van der Waals surface area contributed by atoms with Gasteiger partial charge in [0, 0.05) is 0 Å². The van der Waals surface area contributed by atoms with Crippen molar-refractivity contribution in [2.24, 2.45) is 0 Å². The maximum absolute atomic E-state index is 9.35. The van der Waals surface area contributed by atoms with Crippen LogP contribution in [0.15, 0.2) is 0 Å². The Balaban J connectivity index is -0.0000000133. The molecule has 0 rings (SSSR count). The molecule has 0 unspecified atom stereocenters. The van der Waals surface area contributed by atoms with Gasteiger partial charge in [0.05, 0.1) is 0 Å². The molecule has 0 aromatic carbocycles. The number of halogens is 2. The van der Waals surface area contributed by atoms with E-state index in [-0.39, 0.29) is 93.1 Å². The number of rotatable bonds is 1. The molecule has 0 saturated heterocycles. The van der Waals surface area contributed by atoms with Crippen LogP contribution in [-0.2, 0) is 0 Å². The topological polar surface area (TPSA) is 23.1 Å². The first-order chi connectivity index (χ1) is 2.41. The van der Waals surface area contributed by atoms with Crippen LogP contribution in [-0.4, -0.2) is 52.7 Å². The summed E-state index contributed by atoms with van der Waals surface area (Å²) in [6.45, 7) is -0.205. The van der Waals surface area contributed by atoms with Gasteiger partial charge in [0.25, 0.3) is 0 Å². The zero-order chi connectivity index (χ0) is 4.12. The summed E-state index contributed by atoms with van der Waals surface area (Å²) in [6, 6.07) is 0. The third-order valence-corrected chi connectivity index (χ3v) is 0.227. The quantitative estimate of drug-likeness (QED) is 0.265. The summed E-state index contributed by atoms with van der Waals surface area (Å²) in [5.41, 5.74) is 0. The molecule has 0 aliphatic rings. The molecular formula is C4H4Br2Mg2O. The predicted molar refractivity (Wildman–Crippen MR) is 28.1 cm³/mol. The fraction of sp³-hybridized carbons (Fsp3) is 0.500. The normalized spacial score (nSPS) is 3.56. The average molecular weight is 276 g/mol. The summed E-state index contributed by atoms with van der Waals surface area (Å²) in [5, 5.41) is 9.35. The van der Waals surface area contributed by atoms with Crippen LogP contribution in [0.4, 0.5) is 0 Å². The van der Waals surface area contributed by atoms with E-state index < -0.39 is 0 Å². The van der Waals surface area contributed by atoms with Crippen LogP contribution < -0.4 is 39.1 Å². The fourth-order valence-electron chi connectivity index (χ4n) is 0.0510. The standard InChI is InChI=1S/C4H4O.2BrH.2Mg/c1-2-3-4-5;;;;/h3-4H2;2*1H;;/q-2;;;2*+2/p-2. The van der Waals surface area contributed by atoms with Crippen LogP contribution in [0.3, 0.4) is 0 Å². The van der Waals surface area contributed by atoms with Crippen LogP contribution in [0.25, 0.3) is 0 Å². The summed E-state index contributed by atoms with van der Waals surface area (Å²) >= 11 is 0. The summed E-state index contributed by atoms with van der Waals surface area (Å²) in [4.78, 5) is 0. The van der Waals surface area contributed by atoms with E-state index in [4.69, 9.17) is 6.42 Å². The molecule has 0 spiro atoms. The van der Waals surface area contributed by atoms with E-state index in [1.54, 1.807) is 0 Å². The Labute approximate surface area is 109 Å². The van der Waals surface area contributed by atoms with Gasteiger partial charge in [-0.2, -0.15) is 0 Å². The van der Waals surface area contributed by atoms with Crippen LogP contribution in [0.1, 0.15) is 6.42 Å². The van der Waals surface area contributed by atoms with E-state index in [0.29, 0.717) is 0 Å². The Bertz CT molecular complexity index is 55.0. The molecule has 0 radical (unpaired) electrons. The van der Waals surface area contributed by atoms with Crippen molar-refractivity contribution in [3.63, 3.8) is 0 Å². The molecule has 1 nitrogen and oxygen atoms in total. The second kappa shape index (κ2) is 32.4. The molecule has 0 aromatic rings. The van der Waals surface area contributed by atoms with Crippen LogP contribution >= 0.6 is 0 Å². The zero-order valence-corrected chi connectivity index (χ0v) is 11.0. The van der Waals surface area contributed by atoms with Gasteiger partial charge in [0.1, 0.15) is 0 Å². The molecule has 0 atom stereocenters. The van der Waals surface area contributed by atoms with Crippen molar-refractivity contribution in [1.29, 1.82) is 0 Å². The van der Waals surface area contributed by atoms with Gasteiger partial charge in [-0.3, -0.25) is 0 Å². The van der Waals surface area contributed by atoms with Crippen molar-refractivity contribution in [1.82, 2.24) is 0 Å². The minimum Gasteiger partial charge on any atom is -1.00 e. The molecule has 0 aliphatic heterocycles. The first-order valence-corrected chi connectivity index (χ1v) is 1.39. The third-order valence-electron chi connectivity index (χ3n) is 0.227. The Morgan fingerprint density at radius 2 is 1.56 bits per heavy atom. The van der Waals surface area contributed by atoms with E-state index in [0.717, 1.165) is 0 Å². The molecule has 0 aliphatic carbocycles.